The summed E-state index contributed by atoms with van der Waals surface area (Å²) in [6, 6.07) is 7.71. The van der Waals surface area contributed by atoms with Gasteiger partial charge in [-0.15, -0.1) is 0 Å². The number of nitrogens with zero attached hydrogens (tertiary/aromatic N) is 1. The number of hydrogen-bond donors (Lipinski definition) is 1. The van der Waals surface area contributed by atoms with Crippen molar-refractivity contribution in [1.29, 1.82) is 0 Å². The number of amides is 1. The predicted molar refractivity (Wildman–Crippen MR) is 70.3 cm³/mol. The first-order valence-electron chi connectivity index (χ1n) is 6.28. The minimum absolute atomic E-state index is 0.0199. The number of carbonyl (C=O) groups excluding carboxylic acids is 1. The van der Waals surface area contributed by atoms with Crippen molar-refractivity contribution in [3.8, 4) is 5.75 Å². The maximum Gasteiger partial charge on any atom is 0.222 e. The van der Waals surface area contributed by atoms with Crippen LogP contribution < -0.4 is 10.5 Å². The quantitative estimate of drug-likeness (QED) is 0.866. The lowest BCUT2D eigenvalue weighted by atomic mass is 9.96. The molecule has 2 rings (SSSR count). The molecule has 0 aromatic heterocycles. The summed E-state index contributed by atoms with van der Waals surface area (Å²) in [5.74, 6) is 0.959. The van der Waals surface area contributed by atoms with E-state index in [-0.39, 0.29) is 18.0 Å². The fraction of sp³-hybridized carbons (Fsp3) is 0.500. The Morgan fingerprint density at radius 3 is 2.94 bits per heavy atom. The normalized spacial score (nSPS) is 24.8. The summed E-state index contributed by atoms with van der Waals surface area (Å²) < 4.78 is 5.23. The first kappa shape index (κ1) is 12.9. The Hall–Kier alpha value is -1.55. The van der Waals surface area contributed by atoms with Crippen molar-refractivity contribution in [2.24, 2.45) is 5.73 Å². The Labute approximate surface area is 108 Å². The lowest BCUT2D eigenvalue weighted by Gasteiger charge is -2.31. The molecule has 4 heteroatoms. The minimum Gasteiger partial charge on any atom is -0.497 e. The van der Waals surface area contributed by atoms with Crippen molar-refractivity contribution in [2.45, 2.75) is 31.3 Å². The number of likely N-dealkylation sites (tertiary alicyclic amines) is 1. The largest absolute Gasteiger partial charge is 0.497 e. The third kappa shape index (κ3) is 2.48. The Morgan fingerprint density at radius 1 is 1.44 bits per heavy atom. The smallest absolute Gasteiger partial charge is 0.222 e. The molecule has 1 heterocycles. The van der Waals surface area contributed by atoms with E-state index >= 15 is 0 Å². The highest BCUT2D eigenvalue weighted by Gasteiger charge is 2.30. The summed E-state index contributed by atoms with van der Waals surface area (Å²) in [5, 5.41) is 0. The van der Waals surface area contributed by atoms with Gasteiger partial charge in [-0.2, -0.15) is 0 Å². The predicted octanol–water partition coefficient (Wildman–Crippen LogP) is 1.71. The van der Waals surface area contributed by atoms with Crippen LogP contribution in [0.3, 0.4) is 0 Å². The van der Waals surface area contributed by atoms with E-state index in [1.54, 1.807) is 12.0 Å². The van der Waals surface area contributed by atoms with E-state index in [1.807, 2.05) is 31.3 Å². The number of methoxy groups -OCH3 is 1. The molecule has 2 unspecified atom stereocenters. The third-order valence-electron chi connectivity index (χ3n) is 3.58. The van der Waals surface area contributed by atoms with Crippen LogP contribution in [0.1, 0.15) is 30.9 Å². The van der Waals surface area contributed by atoms with Crippen molar-refractivity contribution in [3.63, 3.8) is 0 Å². The van der Waals surface area contributed by atoms with Gasteiger partial charge >= 0.3 is 0 Å². The molecular formula is C14H20N2O2. The minimum atomic E-state index is -0.0601. The van der Waals surface area contributed by atoms with Crippen LogP contribution in [-0.2, 0) is 4.79 Å². The molecule has 0 bridgehead atoms. The summed E-state index contributed by atoms with van der Waals surface area (Å²) in [6.07, 6.45) is 2.33. The zero-order chi connectivity index (χ0) is 13.1. The van der Waals surface area contributed by atoms with E-state index in [0.717, 1.165) is 24.2 Å². The molecular weight excluding hydrogens is 228 g/mol. The molecule has 2 N–H and O–H groups in total. The van der Waals surface area contributed by atoms with Gasteiger partial charge in [-0.05, 0) is 30.5 Å². The Balaban J connectivity index is 2.34. The summed E-state index contributed by atoms with van der Waals surface area (Å²) >= 11 is 0. The average Bonchev–Trinajstić information content (AvgIpc) is 2.50. The fourth-order valence-electron chi connectivity index (χ4n) is 2.56. The monoisotopic (exact) mass is 248 g/mol. The topological polar surface area (TPSA) is 55.6 Å². The molecule has 1 amide bonds. The molecule has 1 aromatic carbocycles. The second-order valence-electron chi connectivity index (χ2n) is 4.78. The van der Waals surface area contributed by atoms with Crippen molar-refractivity contribution < 1.29 is 9.53 Å². The molecule has 18 heavy (non-hydrogen) atoms. The Kier molecular flexibility index (Phi) is 3.87. The van der Waals surface area contributed by atoms with Gasteiger partial charge in [-0.25, -0.2) is 0 Å². The van der Waals surface area contributed by atoms with E-state index in [0.29, 0.717) is 6.42 Å². The Bertz CT molecular complexity index is 434. The van der Waals surface area contributed by atoms with Crippen molar-refractivity contribution >= 4 is 5.91 Å². The van der Waals surface area contributed by atoms with Gasteiger partial charge in [-0.1, -0.05) is 12.1 Å². The van der Waals surface area contributed by atoms with Crippen LogP contribution in [-0.4, -0.2) is 31.0 Å². The van der Waals surface area contributed by atoms with Gasteiger partial charge in [0, 0.05) is 19.5 Å². The van der Waals surface area contributed by atoms with Gasteiger partial charge in [0.1, 0.15) is 5.75 Å². The molecule has 0 aliphatic carbocycles. The number of rotatable bonds is 2. The highest BCUT2D eigenvalue weighted by atomic mass is 16.5. The van der Waals surface area contributed by atoms with Crippen molar-refractivity contribution in [2.75, 3.05) is 14.2 Å². The molecule has 2 atom stereocenters. The first-order chi connectivity index (χ1) is 8.63. The second kappa shape index (κ2) is 5.40. The van der Waals surface area contributed by atoms with Crippen LogP contribution >= 0.6 is 0 Å². The van der Waals surface area contributed by atoms with Gasteiger partial charge < -0.3 is 15.4 Å². The molecule has 1 aliphatic heterocycles. The molecule has 0 saturated carbocycles. The molecule has 4 nitrogen and oxygen atoms in total. The van der Waals surface area contributed by atoms with Gasteiger partial charge in [0.25, 0.3) is 0 Å². The Morgan fingerprint density at radius 2 is 2.22 bits per heavy atom. The number of carbonyl (C=O) groups is 1. The highest BCUT2D eigenvalue weighted by molar-refractivity contribution is 5.76. The second-order valence-corrected chi connectivity index (χ2v) is 4.78. The molecule has 0 radical (unpaired) electrons. The van der Waals surface area contributed by atoms with E-state index in [4.69, 9.17) is 10.5 Å². The van der Waals surface area contributed by atoms with E-state index < -0.39 is 0 Å². The zero-order valence-electron chi connectivity index (χ0n) is 10.9. The maximum absolute atomic E-state index is 11.9. The van der Waals surface area contributed by atoms with Gasteiger partial charge in [0.15, 0.2) is 0 Å². The molecule has 98 valence electrons. The van der Waals surface area contributed by atoms with Gasteiger partial charge in [-0.3, -0.25) is 4.79 Å². The van der Waals surface area contributed by atoms with E-state index in [9.17, 15) is 4.79 Å². The van der Waals surface area contributed by atoms with E-state index in [2.05, 4.69) is 0 Å². The first-order valence-corrected chi connectivity index (χ1v) is 6.28. The SMILES string of the molecule is COc1cccc(C2C(N)CCCC(=O)N2C)c1. The number of hydrogen-bond acceptors (Lipinski definition) is 3. The lowest BCUT2D eigenvalue weighted by Crippen LogP contribution is -2.39. The van der Waals surface area contributed by atoms with Crippen molar-refractivity contribution in [1.82, 2.24) is 4.90 Å². The number of nitrogens with two attached hydrogens (primary N) is 1. The van der Waals surface area contributed by atoms with Crippen LogP contribution in [0.4, 0.5) is 0 Å². The van der Waals surface area contributed by atoms with Crippen LogP contribution in [0, 0.1) is 0 Å². The third-order valence-corrected chi connectivity index (χ3v) is 3.58. The molecule has 1 aromatic rings. The van der Waals surface area contributed by atoms with Gasteiger partial charge in [0.05, 0.1) is 13.2 Å². The highest BCUT2D eigenvalue weighted by Crippen LogP contribution is 2.30. The zero-order valence-corrected chi connectivity index (χ0v) is 10.9. The average molecular weight is 248 g/mol. The van der Waals surface area contributed by atoms with Gasteiger partial charge in [0.2, 0.25) is 5.91 Å². The van der Waals surface area contributed by atoms with Crippen LogP contribution in [0.15, 0.2) is 24.3 Å². The van der Waals surface area contributed by atoms with Crippen LogP contribution in [0.5, 0.6) is 5.75 Å². The molecule has 0 spiro atoms. The standard InChI is InChI=1S/C14H20N2O2/c1-16-13(17)8-4-7-12(15)14(16)10-5-3-6-11(9-10)18-2/h3,5-6,9,12,14H,4,7-8,15H2,1-2H3. The number of ether oxygens (including phenoxy) is 1. The summed E-state index contributed by atoms with van der Waals surface area (Å²) in [6.45, 7) is 0. The summed E-state index contributed by atoms with van der Waals surface area (Å²) in [5.41, 5.74) is 7.26. The molecule has 1 aliphatic rings. The molecule has 1 saturated heterocycles. The number of benzene rings is 1. The maximum atomic E-state index is 11.9. The summed E-state index contributed by atoms with van der Waals surface area (Å²) in [7, 11) is 3.47. The fourth-order valence-corrected chi connectivity index (χ4v) is 2.56. The van der Waals surface area contributed by atoms with Crippen molar-refractivity contribution in [3.05, 3.63) is 29.8 Å². The van der Waals surface area contributed by atoms with E-state index in [1.165, 1.54) is 0 Å². The van der Waals surface area contributed by atoms with Crippen LogP contribution in [0.2, 0.25) is 0 Å². The summed E-state index contributed by atoms with van der Waals surface area (Å²) in [4.78, 5) is 13.7. The lowest BCUT2D eigenvalue weighted by molar-refractivity contribution is -0.131. The molecule has 1 fully saturated rings. The van der Waals surface area contributed by atoms with Crippen LogP contribution in [0.25, 0.3) is 0 Å². The number of likely N-dealkylation sites (N-methyl/N-ethyl adjacent to an activating group) is 1.